The summed E-state index contributed by atoms with van der Waals surface area (Å²) in [6, 6.07) is 0. The summed E-state index contributed by atoms with van der Waals surface area (Å²) in [5, 5.41) is 3.35. The smallest absolute Gasteiger partial charge is 0.180 e. The second-order valence-electron chi connectivity index (χ2n) is 5.55. The van der Waals surface area contributed by atoms with Crippen LogP contribution in [0.2, 0.25) is 0 Å². The first kappa shape index (κ1) is 14.1. The van der Waals surface area contributed by atoms with Crippen molar-refractivity contribution in [3.8, 4) is 0 Å². The van der Waals surface area contributed by atoms with Gasteiger partial charge in [-0.05, 0) is 19.3 Å². The van der Waals surface area contributed by atoms with Gasteiger partial charge in [0.15, 0.2) is 11.5 Å². The number of aromatic nitrogens is 3. The van der Waals surface area contributed by atoms with Crippen LogP contribution in [0.5, 0.6) is 0 Å². The maximum atomic E-state index is 5.72. The molecule has 6 heteroatoms. The predicted molar refractivity (Wildman–Crippen MR) is 84.0 cm³/mol. The highest BCUT2D eigenvalue weighted by Crippen LogP contribution is 2.22. The highest BCUT2D eigenvalue weighted by molar-refractivity contribution is 5.66. The number of nitrogens with one attached hydrogen (secondary N) is 1. The van der Waals surface area contributed by atoms with E-state index in [0.717, 1.165) is 56.2 Å². The Bertz CT molecular complexity index is 591. The van der Waals surface area contributed by atoms with Crippen molar-refractivity contribution in [1.29, 1.82) is 0 Å². The molecule has 6 nitrogen and oxygen atoms in total. The molecule has 1 N–H and O–H groups in total. The largest absolute Gasteiger partial charge is 0.376 e. The molecular weight excluding hydrogens is 266 g/mol. The molecule has 1 unspecified atom stereocenters. The van der Waals surface area contributed by atoms with E-state index in [0.29, 0.717) is 6.10 Å². The van der Waals surface area contributed by atoms with Crippen LogP contribution >= 0.6 is 0 Å². The van der Waals surface area contributed by atoms with Gasteiger partial charge in [-0.3, -0.25) is 0 Å². The molecule has 1 saturated heterocycles. The Labute approximate surface area is 125 Å². The third-order valence-corrected chi connectivity index (χ3v) is 3.78. The average molecular weight is 289 g/mol. The Morgan fingerprint density at radius 1 is 1.52 bits per heavy atom. The summed E-state index contributed by atoms with van der Waals surface area (Å²) < 4.78 is 7.74. The number of nitrogens with zero attached hydrogens (tertiary/aromatic N) is 4. The molecule has 1 aliphatic heterocycles. The molecule has 2 aromatic rings. The molecule has 0 aliphatic carbocycles. The van der Waals surface area contributed by atoms with Crippen molar-refractivity contribution >= 4 is 17.3 Å². The van der Waals surface area contributed by atoms with Crippen LogP contribution in [-0.4, -0.2) is 47.2 Å². The molecule has 0 saturated carbocycles. The maximum Gasteiger partial charge on any atom is 0.180 e. The van der Waals surface area contributed by atoms with Crippen LogP contribution in [0.15, 0.2) is 18.6 Å². The summed E-state index contributed by atoms with van der Waals surface area (Å²) in [6.07, 6.45) is 9.42. The van der Waals surface area contributed by atoms with Gasteiger partial charge in [-0.2, -0.15) is 0 Å². The molecule has 114 valence electrons. The van der Waals surface area contributed by atoms with E-state index in [1.54, 1.807) is 0 Å². The van der Waals surface area contributed by atoms with Crippen LogP contribution in [-0.2, 0) is 4.74 Å². The van der Waals surface area contributed by atoms with Crippen LogP contribution in [0, 0.1) is 0 Å². The Balaban J connectivity index is 1.85. The zero-order valence-corrected chi connectivity index (χ0v) is 12.7. The summed E-state index contributed by atoms with van der Waals surface area (Å²) in [5.74, 6) is 1.79. The van der Waals surface area contributed by atoms with E-state index in [4.69, 9.17) is 9.72 Å². The van der Waals surface area contributed by atoms with Crippen LogP contribution < -0.4 is 10.2 Å². The maximum absolute atomic E-state index is 5.72. The van der Waals surface area contributed by atoms with Crippen molar-refractivity contribution in [2.45, 2.75) is 32.3 Å². The van der Waals surface area contributed by atoms with Crippen LogP contribution in [0.3, 0.4) is 0 Å². The second kappa shape index (κ2) is 6.30. The quantitative estimate of drug-likeness (QED) is 0.883. The van der Waals surface area contributed by atoms with E-state index in [9.17, 15) is 0 Å². The number of hydrogen-bond donors (Lipinski definition) is 1. The zero-order valence-electron chi connectivity index (χ0n) is 12.7. The highest BCUT2D eigenvalue weighted by Gasteiger charge is 2.20. The molecule has 21 heavy (non-hydrogen) atoms. The third kappa shape index (κ3) is 3.10. The van der Waals surface area contributed by atoms with Gasteiger partial charge in [-0.25, -0.2) is 9.97 Å². The van der Waals surface area contributed by atoms with E-state index in [1.807, 2.05) is 23.0 Å². The van der Waals surface area contributed by atoms with Gasteiger partial charge in [0.05, 0.1) is 12.3 Å². The summed E-state index contributed by atoms with van der Waals surface area (Å²) >= 11 is 0. The lowest BCUT2D eigenvalue weighted by Crippen LogP contribution is -2.29. The van der Waals surface area contributed by atoms with Crippen LogP contribution in [0.4, 0.5) is 11.6 Å². The summed E-state index contributed by atoms with van der Waals surface area (Å²) in [7, 11) is 2.06. The second-order valence-corrected chi connectivity index (χ2v) is 5.55. The number of fused-ring (bicyclic) bond motifs is 1. The SMILES string of the molecule is CCCNc1cn2ccnc2c(N(C)CC2CCCO2)n1. The van der Waals surface area contributed by atoms with Gasteiger partial charge in [-0.15, -0.1) is 0 Å². The van der Waals surface area contributed by atoms with Crippen molar-refractivity contribution < 1.29 is 4.74 Å². The lowest BCUT2D eigenvalue weighted by Gasteiger charge is -2.22. The zero-order chi connectivity index (χ0) is 14.7. The topological polar surface area (TPSA) is 54.7 Å². The van der Waals surface area contributed by atoms with Gasteiger partial charge in [0.1, 0.15) is 5.82 Å². The Hall–Kier alpha value is -1.82. The standard InChI is InChI=1S/C15H23N5O/c1-3-6-16-13-11-20-8-7-17-14(20)15(18-13)19(2)10-12-5-4-9-21-12/h7-8,11-12,16H,3-6,9-10H2,1-2H3. The van der Waals surface area contributed by atoms with E-state index < -0.39 is 0 Å². The third-order valence-electron chi connectivity index (χ3n) is 3.78. The van der Waals surface area contributed by atoms with Crippen LogP contribution in [0.1, 0.15) is 26.2 Å². The minimum absolute atomic E-state index is 0.305. The predicted octanol–water partition coefficient (Wildman–Crippen LogP) is 2.17. The van der Waals surface area contributed by atoms with Gasteiger partial charge in [-0.1, -0.05) is 6.92 Å². The van der Waals surface area contributed by atoms with Gasteiger partial charge >= 0.3 is 0 Å². The molecule has 0 spiro atoms. The first-order valence-electron chi connectivity index (χ1n) is 7.68. The number of likely N-dealkylation sites (N-methyl/N-ethyl adjacent to an activating group) is 1. The Morgan fingerprint density at radius 3 is 3.19 bits per heavy atom. The fraction of sp³-hybridized carbons (Fsp3) is 0.600. The number of ether oxygens (including phenoxy) is 1. The molecule has 1 atom stereocenters. The molecule has 1 aliphatic rings. The lowest BCUT2D eigenvalue weighted by molar-refractivity contribution is 0.116. The number of imidazole rings is 1. The molecule has 3 rings (SSSR count). The summed E-state index contributed by atoms with van der Waals surface area (Å²) in [4.78, 5) is 11.3. The molecule has 1 fully saturated rings. The molecule has 3 heterocycles. The van der Waals surface area contributed by atoms with Crippen molar-refractivity contribution in [2.75, 3.05) is 37.0 Å². The Morgan fingerprint density at radius 2 is 2.43 bits per heavy atom. The number of anilines is 2. The lowest BCUT2D eigenvalue weighted by atomic mass is 10.2. The van der Waals surface area contributed by atoms with E-state index in [1.165, 1.54) is 0 Å². The normalized spacial score (nSPS) is 18.3. The molecule has 0 aromatic carbocycles. The van der Waals surface area contributed by atoms with Gasteiger partial charge in [0.2, 0.25) is 0 Å². The minimum atomic E-state index is 0.305. The van der Waals surface area contributed by atoms with Crippen molar-refractivity contribution in [2.24, 2.45) is 0 Å². The number of rotatable bonds is 6. The average Bonchev–Trinajstić information content (AvgIpc) is 3.14. The van der Waals surface area contributed by atoms with E-state index in [-0.39, 0.29) is 0 Å². The molecular formula is C15H23N5O. The van der Waals surface area contributed by atoms with Gasteiger partial charge in [0, 0.05) is 39.1 Å². The first-order chi connectivity index (χ1) is 10.3. The minimum Gasteiger partial charge on any atom is -0.376 e. The van der Waals surface area contributed by atoms with E-state index >= 15 is 0 Å². The van der Waals surface area contributed by atoms with Crippen molar-refractivity contribution in [3.05, 3.63) is 18.6 Å². The molecule has 0 amide bonds. The first-order valence-corrected chi connectivity index (χ1v) is 7.68. The number of hydrogen-bond acceptors (Lipinski definition) is 5. The van der Waals surface area contributed by atoms with Crippen molar-refractivity contribution in [1.82, 2.24) is 14.4 Å². The fourth-order valence-electron chi connectivity index (χ4n) is 2.69. The fourth-order valence-corrected chi connectivity index (χ4v) is 2.69. The van der Waals surface area contributed by atoms with Crippen LogP contribution in [0.25, 0.3) is 5.65 Å². The molecule has 2 aromatic heterocycles. The molecule has 0 bridgehead atoms. The monoisotopic (exact) mass is 289 g/mol. The van der Waals surface area contributed by atoms with Gasteiger partial charge in [0.25, 0.3) is 0 Å². The molecule has 0 radical (unpaired) electrons. The van der Waals surface area contributed by atoms with E-state index in [2.05, 4.69) is 29.2 Å². The van der Waals surface area contributed by atoms with Crippen molar-refractivity contribution in [3.63, 3.8) is 0 Å². The summed E-state index contributed by atoms with van der Waals surface area (Å²) in [6.45, 7) is 4.80. The highest BCUT2D eigenvalue weighted by atomic mass is 16.5. The Kier molecular flexibility index (Phi) is 4.24. The van der Waals surface area contributed by atoms with Gasteiger partial charge < -0.3 is 19.4 Å². The summed E-state index contributed by atoms with van der Waals surface area (Å²) in [5.41, 5.74) is 0.887.